The first-order valence-electron chi connectivity index (χ1n) is 2.33. The zero-order valence-corrected chi connectivity index (χ0v) is 5.59. The van der Waals surface area contributed by atoms with Crippen LogP contribution in [0.25, 0.3) is 0 Å². The van der Waals surface area contributed by atoms with Crippen LogP contribution < -0.4 is 0 Å². The van der Waals surface area contributed by atoms with Gasteiger partial charge in [0.1, 0.15) is 0 Å². The van der Waals surface area contributed by atoms with Crippen LogP contribution in [0, 0.1) is 5.41 Å². The molecule has 0 amide bonds. The Hall–Kier alpha value is 0.480. The Kier molecular flexibility index (Phi) is 0.945. The van der Waals surface area contributed by atoms with E-state index >= 15 is 0 Å². The lowest BCUT2D eigenvalue weighted by atomic mass is 10.2. The lowest BCUT2D eigenvalue weighted by molar-refractivity contribution is 0.672. The van der Waals surface area contributed by atoms with Crippen molar-refractivity contribution in [3.8, 4) is 0 Å². The molecule has 0 saturated heterocycles. The minimum atomic E-state index is 0.708. The molecule has 36 valence electrons. The van der Waals surface area contributed by atoms with Crippen molar-refractivity contribution in [1.82, 2.24) is 0 Å². The second-order valence-electron chi connectivity index (χ2n) is 2.44. The highest BCUT2D eigenvalue weighted by Crippen LogP contribution is 2.45. The summed E-state index contributed by atoms with van der Waals surface area (Å²) in [5, 5.41) is 1.19. The van der Waals surface area contributed by atoms with E-state index in [1.54, 1.807) is 0 Å². The van der Waals surface area contributed by atoms with Crippen LogP contribution in [0.5, 0.6) is 0 Å². The maximum Gasteiger partial charge on any atom is 0.00853 e. The van der Waals surface area contributed by atoms with E-state index in [-0.39, 0.29) is 0 Å². The van der Waals surface area contributed by atoms with Gasteiger partial charge in [-0.1, -0.05) is 22.9 Å². The molecule has 0 aliphatic heterocycles. The number of alkyl halides is 1. The van der Waals surface area contributed by atoms with Gasteiger partial charge >= 0.3 is 0 Å². The van der Waals surface area contributed by atoms with Gasteiger partial charge in [-0.15, -0.1) is 0 Å². The molecule has 0 spiro atoms. The highest BCUT2D eigenvalue weighted by molar-refractivity contribution is 9.09. The highest BCUT2D eigenvalue weighted by Gasteiger charge is 2.35. The van der Waals surface area contributed by atoms with Gasteiger partial charge in [0.25, 0.3) is 0 Å². The van der Waals surface area contributed by atoms with Gasteiger partial charge in [-0.05, 0) is 18.3 Å². The quantitative estimate of drug-likeness (QED) is 0.501. The molecule has 0 aromatic carbocycles. The van der Waals surface area contributed by atoms with Crippen molar-refractivity contribution < 1.29 is 0 Å². The predicted octanol–water partition coefficient (Wildman–Crippen LogP) is 2.18. The van der Waals surface area contributed by atoms with Crippen molar-refractivity contribution in [2.75, 3.05) is 5.33 Å². The Labute approximate surface area is 47.1 Å². The SMILES string of the molecule is CC1(CBr)CC1. The van der Waals surface area contributed by atoms with Crippen LogP contribution in [0.2, 0.25) is 0 Å². The summed E-state index contributed by atoms with van der Waals surface area (Å²) in [6, 6.07) is 0. The lowest BCUT2D eigenvalue weighted by Crippen LogP contribution is -1.90. The second kappa shape index (κ2) is 1.22. The van der Waals surface area contributed by atoms with Gasteiger partial charge in [-0.25, -0.2) is 0 Å². The van der Waals surface area contributed by atoms with E-state index in [1.807, 2.05) is 0 Å². The first-order valence-corrected chi connectivity index (χ1v) is 3.45. The van der Waals surface area contributed by atoms with Crippen LogP contribution in [0.4, 0.5) is 0 Å². The molecule has 0 heterocycles. The van der Waals surface area contributed by atoms with E-state index in [0.29, 0.717) is 5.41 Å². The second-order valence-corrected chi connectivity index (χ2v) is 3.01. The zero-order chi connectivity index (χ0) is 4.62. The predicted molar refractivity (Wildman–Crippen MR) is 31.1 cm³/mol. The van der Waals surface area contributed by atoms with E-state index in [0.717, 1.165) is 0 Å². The summed E-state index contributed by atoms with van der Waals surface area (Å²) in [6.45, 7) is 2.31. The Bertz CT molecular complexity index is 55.0. The van der Waals surface area contributed by atoms with Gasteiger partial charge in [-0.2, -0.15) is 0 Å². The van der Waals surface area contributed by atoms with Crippen molar-refractivity contribution in [1.29, 1.82) is 0 Å². The Morgan fingerprint density at radius 1 is 1.67 bits per heavy atom. The summed E-state index contributed by atoms with van der Waals surface area (Å²) >= 11 is 3.43. The first-order chi connectivity index (χ1) is 2.77. The molecule has 0 bridgehead atoms. The Balaban J connectivity index is 2.28. The summed E-state index contributed by atoms with van der Waals surface area (Å²) < 4.78 is 0. The summed E-state index contributed by atoms with van der Waals surface area (Å²) in [7, 11) is 0. The van der Waals surface area contributed by atoms with Gasteiger partial charge in [0.05, 0.1) is 0 Å². The zero-order valence-electron chi connectivity index (χ0n) is 4.00. The van der Waals surface area contributed by atoms with Gasteiger partial charge in [0.15, 0.2) is 0 Å². The smallest absolute Gasteiger partial charge is 0.00853 e. The Morgan fingerprint density at radius 3 is 2.17 bits per heavy atom. The molecule has 0 atom stereocenters. The third-order valence-corrected chi connectivity index (χ3v) is 2.78. The minimum absolute atomic E-state index is 0.708. The lowest BCUT2D eigenvalue weighted by Gasteiger charge is -1.95. The Morgan fingerprint density at radius 2 is 2.17 bits per heavy atom. The molecule has 1 heteroatoms. The molecular weight excluding hydrogens is 140 g/mol. The maximum atomic E-state index is 3.43. The summed E-state index contributed by atoms with van der Waals surface area (Å²) in [5.41, 5.74) is 0.708. The molecule has 0 radical (unpaired) electrons. The fourth-order valence-electron chi connectivity index (χ4n) is 0.347. The van der Waals surface area contributed by atoms with Gasteiger partial charge < -0.3 is 0 Å². The third kappa shape index (κ3) is 0.754. The minimum Gasteiger partial charge on any atom is -0.0922 e. The van der Waals surface area contributed by atoms with E-state index in [1.165, 1.54) is 18.2 Å². The molecule has 0 aromatic rings. The summed E-state index contributed by atoms with van der Waals surface area (Å²) in [5.74, 6) is 0. The number of halogens is 1. The molecule has 1 rings (SSSR count). The number of rotatable bonds is 1. The van der Waals surface area contributed by atoms with Crippen LogP contribution in [-0.4, -0.2) is 5.33 Å². The molecule has 1 fully saturated rings. The monoisotopic (exact) mass is 148 g/mol. The standard InChI is InChI=1S/C5H9Br/c1-5(4-6)2-3-5/h2-4H2,1H3. The molecule has 1 aliphatic carbocycles. The third-order valence-electron chi connectivity index (χ3n) is 1.43. The number of hydrogen-bond donors (Lipinski definition) is 0. The van der Waals surface area contributed by atoms with Gasteiger partial charge in [0.2, 0.25) is 0 Å². The van der Waals surface area contributed by atoms with Crippen molar-refractivity contribution >= 4 is 15.9 Å². The van der Waals surface area contributed by atoms with Crippen LogP contribution in [-0.2, 0) is 0 Å². The van der Waals surface area contributed by atoms with E-state index in [4.69, 9.17) is 0 Å². The van der Waals surface area contributed by atoms with Crippen LogP contribution in [0.15, 0.2) is 0 Å². The topological polar surface area (TPSA) is 0 Å². The average Bonchev–Trinajstić information content (AvgIpc) is 2.22. The molecular formula is C5H9Br. The van der Waals surface area contributed by atoms with Crippen molar-refractivity contribution in [2.45, 2.75) is 19.8 Å². The highest BCUT2D eigenvalue weighted by atomic mass is 79.9. The van der Waals surface area contributed by atoms with Gasteiger partial charge in [0, 0.05) is 5.33 Å². The molecule has 1 aliphatic rings. The fraction of sp³-hybridized carbons (Fsp3) is 1.00. The van der Waals surface area contributed by atoms with Crippen molar-refractivity contribution in [3.63, 3.8) is 0 Å². The van der Waals surface area contributed by atoms with Crippen LogP contribution in [0.3, 0.4) is 0 Å². The molecule has 0 N–H and O–H groups in total. The van der Waals surface area contributed by atoms with Crippen molar-refractivity contribution in [2.24, 2.45) is 5.41 Å². The van der Waals surface area contributed by atoms with E-state index < -0.39 is 0 Å². The van der Waals surface area contributed by atoms with Gasteiger partial charge in [-0.3, -0.25) is 0 Å². The maximum absolute atomic E-state index is 3.43. The fourth-order valence-corrected chi connectivity index (χ4v) is 0.908. The number of hydrogen-bond acceptors (Lipinski definition) is 0. The van der Waals surface area contributed by atoms with Crippen LogP contribution >= 0.6 is 15.9 Å². The molecule has 0 aromatic heterocycles. The normalized spacial score (nSPS) is 27.0. The molecule has 6 heavy (non-hydrogen) atoms. The average molecular weight is 149 g/mol. The largest absolute Gasteiger partial charge is 0.0922 e. The molecule has 0 nitrogen and oxygen atoms in total. The molecule has 1 saturated carbocycles. The first kappa shape index (κ1) is 4.63. The van der Waals surface area contributed by atoms with Crippen LogP contribution in [0.1, 0.15) is 19.8 Å². The van der Waals surface area contributed by atoms with E-state index in [9.17, 15) is 0 Å². The van der Waals surface area contributed by atoms with Crippen molar-refractivity contribution in [3.05, 3.63) is 0 Å². The summed E-state index contributed by atoms with van der Waals surface area (Å²) in [4.78, 5) is 0. The summed E-state index contributed by atoms with van der Waals surface area (Å²) in [6.07, 6.45) is 2.86. The van der Waals surface area contributed by atoms with E-state index in [2.05, 4.69) is 22.9 Å². The molecule has 0 unspecified atom stereocenters.